The molecule has 4 nitrogen and oxygen atoms in total. The predicted molar refractivity (Wildman–Crippen MR) is 74.7 cm³/mol. The van der Waals surface area contributed by atoms with Crippen molar-refractivity contribution >= 4 is 11.6 Å². The van der Waals surface area contributed by atoms with Crippen LogP contribution in [0.25, 0.3) is 0 Å². The number of aromatic nitrogens is 1. The minimum absolute atomic E-state index is 0.183. The van der Waals surface area contributed by atoms with Gasteiger partial charge in [0.25, 0.3) is 5.91 Å². The van der Waals surface area contributed by atoms with Gasteiger partial charge in [0, 0.05) is 18.8 Å². The van der Waals surface area contributed by atoms with Gasteiger partial charge in [0.2, 0.25) is 0 Å². The second-order valence-electron chi connectivity index (χ2n) is 5.11. The van der Waals surface area contributed by atoms with Gasteiger partial charge in [-0.15, -0.1) is 0 Å². The molecule has 1 amide bonds. The second kappa shape index (κ2) is 5.00. The van der Waals surface area contributed by atoms with E-state index < -0.39 is 0 Å². The molecule has 0 radical (unpaired) electrons. The molecule has 104 valence electrons. The Bertz CT molecular complexity index is 646. The van der Waals surface area contributed by atoms with E-state index in [4.69, 9.17) is 5.73 Å². The lowest BCUT2D eigenvalue weighted by Crippen LogP contribution is -2.25. The van der Waals surface area contributed by atoms with Crippen LogP contribution in [0.1, 0.15) is 34.9 Å². The molecule has 1 aromatic carbocycles. The third-order valence-electron chi connectivity index (χ3n) is 3.38. The molecule has 1 heterocycles. The van der Waals surface area contributed by atoms with Crippen molar-refractivity contribution in [3.05, 3.63) is 53.6 Å². The van der Waals surface area contributed by atoms with Gasteiger partial charge < -0.3 is 15.6 Å². The van der Waals surface area contributed by atoms with Gasteiger partial charge in [-0.05, 0) is 36.6 Å². The van der Waals surface area contributed by atoms with Crippen LogP contribution in [-0.4, -0.2) is 10.5 Å². The smallest absolute Gasteiger partial charge is 0.268 e. The van der Waals surface area contributed by atoms with E-state index in [-0.39, 0.29) is 11.7 Å². The van der Waals surface area contributed by atoms with Crippen molar-refractivity contribution in [2.75, 3.05) is 5.73 Å². The number of benzene rings is 1. The lowest BCUT2D eigenvalue weighted by molar-refractivity contribution is 0.0941. The van der Waals surface area contributed by atoms with Crippen LogP contribution in [0.4, 0.5) is 10.1 Å². The number of nitrogens with zero attached hydrogens (tertiary/aromatic N) is 1. The predicted octanol–water partition coefficient (Wildman–Crippen LogP) is 2.47. The molecule has 1 aliphatic rings. The summed E-state index contributed by atoms with van der Waals surface area (Å²) in [6, 6.07) is 8.26. The third-order valence-corrected chi connectivity index (χ3v) is 3.38. The zero-order chi connectivity index (χ0) is 14.1. The van der Waals surface area contributed by atoms with Crippen LogP contribution in [-0.2, 0) is 6.54 Å². The topological polar surface area (TPSA) is 60.1 Å². The van der Waals surface area contributed by atoms with Crippen LogP contribution < -0.4 is 11.1 Å². The normalized spacial score (nSPS) is 14.2. The zero-order valence-corrected chi connectivity index (χ0v) is 11.0. The van der Waals surface area contributed by atoms with Gasteiger partial charge in [0.05, 0.1) is 5.69 Å². The molecule has 0 unspecified atom stereocenters. The van der Waals surface area contributed by atoms with Crippen molar-refractivity contribution < 1.29 is 9.18 Å². The lowest BCUT2D eigenvalue weighted by atomic mass is 10.2. The van der Waals surface area contributed by atoms with Gasteiger partial charge >= 0.3 is 0 Å². The number of amides is 1. The maximum Gasteiger partial charge on any atom is 0.268 e. The fourth-order valence-corrected chi connectivity index (χ4v) is 2.26. The van der Waals surface area contributed by atoms with Crippen molar-refractivity contribution in [3.8, 4) is 0 Å². The van der Waals surface area contributed by atoms with Gasteiger partial charge in [0.15, 0.2) is 0 Å². The molecule has 0 aliphatic heterocycles. The average Bonchev–Trinajstić information content (AvgIpc) is 3.19. The first-order valence-electron chi connectivity index (χ1n) is 6.63. The molecule has 3 rings (SSSR count). The first-order valence-corrected chi connectivity index (χ1v) is 6.63. The van der Waals surface area contributed by atoms with Crippen molar-refractivity contribution in [3.63, 3.8) is 0 Å². The lowest BCUT2D eigenvalue weighted by Gasteiger charge is -2.08. The van der Waals surface area contributed by atoms with E-state index in [1.807, 2.05) is 4.57 Å². The van der Waals surface area contributed by atoms with Crippen molar-refractivity contribution in [1.29, 1.82) is 0 Å². The SMILES string of the molecule is Nc1cc(C(=O)NCc2cccc(F)c2)n(C2CC2)c1. The summed E-state index contributed by atoms with van der Waals surface area (Å²) in [4.78, 5) is 12.2. The van der Waals surface area contributed by atoms with Crippen LogP contribution in [0.3, 0.4) is 0 Å². The number of nitrogen functional groups attached to an aromatic ring is 1. The molecule has 0 saturated heterocycles. The Morgan fingerprint density at radius 3 is 2.90 bits per heavy atom. The van der Waals surface area contributed by atoms with Gasteiger partial charge in [-0.3, -0.25) is 4.79 Å². The molecule has 5 heteroatoms. The third kappa shape index (κ3) is 2.66. The molecule has 3 N–H and O–H groups in total. The maximum absolute atomic E-state index is 13.1. The summed E-state index contributed by atoms with van der Waals surface area (Å²) in [5.74, 6) is -0.486. The highest BCUT2D eigenvalue weighted by Gasteiger charge is 2.27. The average molecular weight is 273 g/mol. The minimum Gasteiger partial charge on any atom is -0.397 e. The first-order chi connectivity index (χ1) is 9.63. The molecule has 0 bridgehead atoms. The highest BCUT2D eigenvalue weighted by molar-refractivity contribution is 5.93. The number of nitrogens with one attached hydrogen (secondary N) is 1. The number of carbonyl (C=O) groups is 1. The van der Waals surface area contributed by atoms with Crippen LogP contribution in [0.15, 0.2) is 36.5 Å². The fourth-order valence-electron chi connectivity index (χ4n) is 2.26. The second-order valence-corrected chi connectivity index (χ2v) is 5.11. The number of carbonyl (C=O) groups excluding carboxylic acids is 1. The summed E-state index contributed by atoms with van der Waals surface area (Å²) in [5, 5.41) is 2.80. The van der Waals surface area contributed by atoms with Crippen LogP contribution in [0.5, 0.6) is 0 Å². The summed E-state index contributed by atoms with van der Waals surface area (Å²) >= 11 is 0. The number of hydrogen-bond donors (Lipinski definition) is 2. The van der Waals surface area contributed by atoms with Crippen molar-refractivity contribution in [1.82, 2.24) is 9.88 Å². The van der Waals surface area contributed by atoms with Crippen LogP contribution >= 0.6 is 0 Å². The first kappa shape index (κ1) is 12.7. The monoisotopic (exact) mass is 273 g/mol. The molecule has 1 aromatic heterocycles. The van der Waals surface area contributed by atoms with Gasteiger partial charge in [0.1, 0.15) is 11.5 Å². The van der Waals surface area contributed by atoms with Gasteiger partial charge in [-0.25, -0.2) is 4.39 Å². The van der Waals surface area contributed by atoms with E-state index in [1.165, 1.54) is 12.1 Å². The Morgan fingerprint density at radius 2 is 2.20 bits per heavy atom. The summed E-state index contributed by atoms with van der Waals surface area (Å²) in [5.41, 5.74) is 7.65. The fraction of sp³-hybridized carbons (Fsp3) is 0.267. The molecule has 0 atom stereocenters. The molecule has 20 heavy (non-hydrogen) atoms. The Kier molecular flexibility index (Phi) is 3.18. The largest absolute Gasteiger partial charge is 0.397 e. The maximum atomic E-state index is 13.1. The quantitative estimate of drug-likeness (QED) is 0.899. The van der Waals surface area contributed by atoms with E-state index in [9.17, 15) is 9.18 Å². The number of hydrogen-bond acceptors (Lipinski definition) is 2. The van der Waals surface area contributed by atoms with E-state index in [2.05, 4.69) is 5.32 Å². The zero-order valence-electron chi connectivity index (χ0n) is 11.0. The van der Waals surface area contributed by atoms with Crippen LogP contribution in [0, 0.1) is 5.82 Å². The molecular weight excluding hydrogens is 257 g/mol. The van der Waals surface area contributed by atoms with E-state index >= 15 is 0 Å². The summed E-state index contributed by atoms with van der Waals surface area (Å²) in [7, 11) is 0. The summed E-state index contributed by atoms with van der Waals surface area (Å²) in [6.07, 6.45) is 3.96. The molecule has 2 aromatic rings. The Labute approximate surface area is 116 Å². The molecule has 1 aliphatic carbocycles. The molecular formula is C15H16FN3O. The highest BCUT2D eigenvalue weighted by Crippen LogP contribution is 2.37. The number of anilines is 1. The Hall–Kier alpha value is -2.30. The summed E-state index contributed by atoms with van der Waals surface area (Å²) < 4.78 is 15.0. The molecule has 0 spiro atoms. The van der Waals surface area contributed by atoms with E-state index in [1.54, 1.807) is 24.4 Å². The number of halogens is 1. The van der Waals surface area contributed by atoms with Gasteiger partial charge in [-0.1, -0.05) is 12.1 Å². The van der Waals surface area contributed by atoms with Crippen LogP contribution in [0.2, 0.25) is 0 Å². The Balaban J connectivity index is 1.70. The number of rotatable bonds is 4. The van der Waals surface area contributed by atoms with Gasteiger partial charge in [-0.2, -0.15) is 0 Å². The Morgan fingerprint density at radius 1 is 1.40 bits per heavy atom. The van der Waals surface area contributed by atoms with Crippen molar-refractivity contribution in [2.24, 2.45) is 0 Å². The number of nitrogens with two attached hydrogens (primary N) is 1. The highest BCUT2D eigenvalue weighted by atomic mass is 19.1. The van der Waals surface area contributed by atoms with E-state index in [0.29, 0.717) is 24.0 Å². The minimum atomic E-state index is -0.303. The standard InChI is InChI=1S/C15H16FN3O/c16-11-3-1-2-10(6-11)8-18-15(20)14-7-12(17)9-19(14)13-4-5-13/h1-3,6-7,9,13H,4-5,8,17H2,(H,18,20). The molecule has 1 fully saturated rings. The summed E-state index contributed by atoms with van der Waals surface area (Å²) in [6.45, 7) is 0.298. The van der Waals surface area contributed by atoms with E-state index in [0.717, 1.165) is 18.4 Å². The van der Waals surface area contributed by atoms with Crippen molar-refractivity contribution in [2.45, 2.75) is 25.4 Å². The molecule has 1 saturated carbocycles.